The predicted octanol–water partition coefficient (Wildman–Crippen LogP) is 3.99. The number of rotatable bonds is 5. The SMILES string of the molecule is Clc1ccccc1N1CCC(CNC[C@@H]2COc3ccccc3O2)CC1. The average Bonchev–Trinajstić information content (AvgIpc) is 2.69. The fourth-order valence-corrected chi connectivity index (χ4v) is 3.95. The topological polar surface area (TPSA) is 33.7 Å². The predicted molar refractivity (Wildman–Crippen MR) is 106 cm³/mol. The van der Waals surface area contributed by atoms with Gasteiger partial charge >= 0.3 is 0 Å². The molecular formula is C21H25ClN2O2. The summed E-state index contributed by atoms with van der Waals surface area (Å²) in [6.45, 7) is 4.57. The van der Waals surface area contributed by atoms with Gasteiger partial charge in [0.25, 0.3) is 0 Å². The lowest BCUT2D eigenvalue weighted by atomic mass is 9.96. The zero-order valence-corrected chi connectivity index (χ0v) is 15.6. The quantitative estimate of drug-likeness (QED) is 0.860. The zero-order valence-electron chi connectivity index (χ0n) is 14.9. The van der Waals surface area contributed by atoms with E-state index in [0.29, 0.717) is 12.5 Å². The Morgan fingerprint density at radius 2 is 1.69 bits per heavy atom. The van der Waals surface area contributed by atoms with Gasteiger partial charge in [-0.25, -0.2) is 0 Å². The van der Waals surface area contributed by atoms with Crippen molar-refractivity contribution in [3.63, 3.8) is 0 Å². The number of hydrogen-bond donors (Lipinski definition) is 1. The Hall–Kier alpha value is -1.91. The average molecular weight is 373 g/mol. The highest BCUT2D eigenvalue weighted by Crippen LogP contribution is 2.31. The second kappa shape index (κ2) is 8.19. The third-order valence-corrected chi connectivity index (χ3v) is 5.50. The molecule has 0 unspecified atom stereocenters. The van der Waals surface area contributed by atoms with Gasteiger partial charge < -0.3 is 19.7 Å². The summed E-state index contributed by atoms with van der Waals surface area (Å²) in [5.41, 5.74) is 1.16. The van der Waals surface area contributed by atoms with Crippen LogP contribution < -0.4 is 19.7 Å². The fraction of sp³-hybridized carbons (Fsp3) is 0.429. The van der Waals surface area contributed by atoms with Gasteiger partial charge in [-0.3, -0.25) is 0 Å². The van der Waals surface area contributed by atoms with Crippen LogP contribution in [-0.2, 0) is 0 Å². The van der Waals surface area contributed by atoms with Crippen molar-refractivity contribution in [2.24, 2.45) is 5.92 Å². The summed E-state index contributed by atoms with van der Waals surface area (Å²) in [5, 5.41) is 4.42. The van der Waals surface area contributed by atoms with Crippen LogP contribution in [0.15, 0.2) is 48.5 Å². The van der Waals surface area contributed by atoms with Gasteiger partial charge in [-0.2, -0.15) is 0 Å². The van der Waals surface area contributed by atoms with Gasteiger partial charge in [-0.15, -0.1) is 0 Å². The smallest absolute Gasteiger partial charge is 0.161 e. The Morgan fingerprint density at radius 3 is 2.50 bits per heavy atom. The van der Waals surface area contributed by atoms with E-state index >= 15 is 0 Å². The zero-order chi connectivity index (χ0) is 17.8. The van der Waals surface area contributed by atoms with Crippen molar-refractivity contribution in [2.75, 3.05) is 37.7 Å². The lowest BCUT2D eigenvalue weighted by molar-refractivity contribution is 0.0894. The number of hydrogen-bond acceptors (Lipinski definition) is 4. The number of nitrogens with one attached hydrogen (secondary N) is 1. The van der Waals surface area contributed by atoms with Crippen LogP contribution in [0.5, 0.6) is 11.5 Å². The molecule has 1 saturated heterocycles. The molecule has 138 valence electrons. The van der Waals surface area contributed by atoms with Crippen molar-refractivity contribution >= 4 is 17.3 Å². The molecule has 2 aromatic carbocycles. The molecule has 1 N–H and O–H groups in total. The summed E-state index contributed by atoms with van der Waals surface area (Å²) in [6.07, 6.45) is 2.44. The molecule has 4 nitrogen and oxygen atoms in total. The maximum atomic E-state index is 6.32. The lowest BCUT2D eigenvalue weighted by Gasteiger charge is -2.34. The van der Waals surface area contributed by atoms with Gasteiger partial charge in [0.1, 0.15) is 12.7 Å². The van der Waals surface area contributed by atoms with E-state index in [9.17, 15) is 0 Å². The van der Waals surface area contributed by atoms with Crippen LogP contribution in [0, 0.1) is 5.92 Å². The molecule has 2 aromatic rings. The van der Waals surface area contributed by atoms with Gasteiger partial charge in [0.05, 0.1) is 10.7 Å². The molecule has 1 fully saturated rings. The molecule has 0 saturated carbocycles. The van der Waals surface area contributed by atoms with Crippen LogP contribution in [-0.4, -0.2) is 38.9 Å². The molecule has 0 radical (unpaired) electrons. The third-order valence-electron chi connectivity index (χ3n) is 5.18. The number of piperidine rings is 1. The molecule has 0 aromatic heterocycles. The van der Waals surface area contributed by atoms with Crippen LogP contribution in [0.4, 0.5) is 5.69 Å². The van der Waals surface area contributed by atoms with Gasteiger partial charge in [0, 0.05) is 19.6 Å². The molecule has 26 heavy (non-hydrogen) atoms. The van der Waals surface area contributed by atoms with Crippen LogP contribution in [0.3, 0.4) is 0 Å². The van der Waals surface area contributed by atoms with Crippen LogP contribution >= 0.6 is 11.6 Å². The van der Waals surface area contributed by atoms with E-state index in [1.807, 2.05) is 36.4 Å². The first kappa shape index (κ1) is 17.5. The third kappa shape index (κ3) is 4.08. The summed E-state index contributed by atoms with van der Waals surface area (Å²) >= 11 is 6.32. The van der Waals surface area contributed by atoms with Crippen molar-refractivity contribution in [2.45, 2.75) is 18.9 Å². The van der Waals surface area contributed by atoms with Gasteiger partial charge in [0.2, 0.25) is 0 Å². The lowest BCUT2D eigenvalue weighted by Crippen LogP contribution is -2.42. The minimum absolute atomic E-state index is 0.0770. The number of halogens is 1. The van der Waals surface area contributed by atoms with Gasteiger partial charge in [0.15, 0.2) is 11.5 Å². The molecule has 0 bridgehead atoms. The van der Waals surface area contributed by atoms with E-state index in [2.05, 4.69) is 22.3 Å². The normalized spacial score (nSPS) is 20.2. The first-order chi connectivity index (χ1) is 12.8. The van der Waals surface area contributed by atoms with Crippen molar-refractivity contribution in [3.05, 3.63) is 53.6 Å². The van der Waals surface area contributed by atoms with Crippen molar-refractivity contribution in [3.8, 4) is 11.5 Å². The molecule has 2 heterocycles. The summed E-state index contributed by atoms with van der Waals surface area (Å²) in [5.74, 6) is 2.39. The highest BCUT2D eigenvalue weighted by Gasteiger charge is 2.23. The Balaban J connectivity index is 1.20. The Labute approximate surface area is 160 Å². The number of ether oxygens (including phenoxy) is 2. The van der Waals surface area contributed by atoms with Gasteiger partial charge in [-0.1, -0.05) is 35.9 Å². The van der Waals surface area contributed by atoms with E-state index in [-0.39, 0.29) is 6.10 Å². The summed E-state index contributed by atoms with van der Waals surface area (Å²) in [6, 6.07) is 16.0. The first-order valence-electron chi connectivity index (χ1n) is 9.38. The number of anilines is 1. The van der Waals surface area contributed by atoms with E-state index in [1.165, 1.54) is 12.8 Å². The van der Waals surface area contributed by atoms with Crippen molar-refractivity contribution in [1.82, 2.24) is 5.32 Å². The van der Waals surface area contributed by atoms with Crippen molar-refractivity contribution < 1.29 is 9.47 Å². The number of para-hydroxylation sites is 3. The molecule has 0 spiro atoms. The van der Waals surface area contributed by atoms with E-state index < -0.39 is 0 Å². The van der Waals surface area contributed by atoms with E-state index in [4.69, 9.17) is 21.1 Å². The second-order valence-corrected chi connectivity index (χ2v) is 7.44. The molecule has 1 atom stereocenters. The second-order valence-electron chi connectivity index (χ2n) is 7.04. The Morgan fingerprint density at radius 1 is 0.962 bits per heavy atom. The standard InChI is InChI=1S/C21H25ClN2O2/c22-18-5-1-2-6-19(18)24-11-9-16(10-12-24)13-23-14-17-15-25-20-7-3-4-8-21(20)26-17/h1-8,16-17,23H,9-15H2/t17-/m1/s1. The van der Waals surface area contributed by atoms with Crippen LogP contribution in [0.1, 0.15) is 12.8 Å². The number of fused-ring (bicyclic) bond motifs is 1. The highest BCUT2D eigenvalue weighted by atomic mass is 35.5. The largest absolute Gasteiger partial charge is 0.486 e. The molecule has 0 aliphatic carbocycles. The Bertz CT molecular complexity index is 731. The molecule has 2 aliphatic rings. The minimum Gasteiger partial charge on any atom is -0.486 e. The maximum Gasteiger partial charge on any atom is 0.161 e. The van der Waals surface area contributed by atoms with E-state index in [0.717, 1.165) is 48.4 Å². The molecule has 5 heteroatoms. The maximum absolute atomic E-state index is 6.32. The molecule has 2 aliphatic heterocycles. The summed E-state index contributed by atoms with van der Waals surface area (Å²) in [7, 11) is 0. The number of benzene rings is 2. The molecule has 0 amide bonds. The summed E-state index contributed by atoms with van der Waals surface area (Å²) in [4.78, 5) is 2.40. The molecule has 4 rings (SSSR count). The minimum atomic E-state index is 0.0770. The molecular weight excluding hydrogens is 348 g/mol. The van der Waals surface area contributed by atoms with E-state index in [1.54, 1.807) is 0 Å². The highest BCUT2D eigenvalue weighted by molar-refractivity contribution is 6.33. The van der Waals surface area contributed by atoms with Crippen molar-refractivity contribution in [1.29, 1.82) is 0 Å². The number of nitrogens with zero attached hydrogens (tertiary/aromatic N) is 1. The van der Waals surface area contributed by atoms with Crippen LogP contribution in [0.25, 0.3) is 0 Å². The first-order valence-corrected chi connectivity index (χ1v) is 9.76. The summed E-state index contributed by atoms with van der Waals surface area (Å²) < 4.78 is 11.8. The monoisotopic (exact) mass is 372 g/mol. The Kier molecular flexibility index (Phi) is 5.51. The fourth-order valence-electron chi connectivity index (χ4n) is 3.70. The van der Waals surface area contributed by atoms with Crippen LogP contribution in [0.2, 0.25) is 5.02 Å². The van der Waals surface area contributed by atoms with Gasteiger partial charge in [-0.05, 0) is 49.6 Å².